The minimum absolute atomic E-state index is 0.103. The van der Waals surface area contributed by atoms with E-state index in [-0.39, 0.29) is 18.2 Å². The van der Waals surface area contributed by atoms with Crippen LogP contribution in [-0.2, 0) is 11.3 Å². The summed E-state index contributed by atoms with van der Waals surface area (Å²) < 4.78 is 11.0. The van der Waals surface area contributed by atoms with Crippen LogP contribution in [0.5, 0.6) is 5.75 Å². The van der Waals surface area contributed by atoms with Gasteiger partial charge >= 0.3 is 0 Å². The van der Waals surface area contributed by atoms with Crippen LogP contribution in [0.15, 0.2) is 58.1 Å². The van der Waals surface area contributed by atoms with E-state index in [0.29, 0.717) is 17.8 Å². The number of halogens is 1. The van der Waals surface area contributed by atoms with Gasteiger partial charge in [-0.25, -0.2) is 0 Å². The monoisotopic (exact) mass is 406 g/mol. The highest BCUT2D eigenvalue weighted by atomic mass is 79.9. The van der Waals surface area contributed by atoms with Crippen LogP contribution in [0.1, 0.15) is 16.1 Å². The van der Waals surface area contributed by atoms with Gasteiger partial charge in [0.1, 0.15) is 12.4 Å². The van der Waals surface area contributed by atoms with Crippen molar-refractivity contribution in [2.75, 3.05) is 20.2 Å². The van der Waals surface area contributed by atoms with Gasteiger partial charge in [0.25, 0.3) is 5.91 Å². The molecule has 0 atom stereocenters. The Balaban J connectivity index is 1.81. The molecule has 0 unspecified atom stereocenters. The SMILES string of the molecule is C=CCOc1ccc(CN(C)C(=O)CNC(=O)c2ccc(Br)o2)cc1. The van der Waals surface area contributed by atoms with E-state index in [4.69, 9.17) is 9.15 Å². The summed E-state index contributed by atoms with van der Waals surface area (Å²) in [6.07, 6.45) is 1.68. The fourth-order valence-corrected chi connectivity index (χ4v) is 2.33. The van der Waals surface area contributed by atoms with Gasteiger partial charge in [-0.3, -0.25) is 9.59 Å². The summed E-state index contributed by atoms with van der Waals surface area (Å²) in [5.74, 6) is 0.258. The summed E-state index contributed by atoms with van der Waals surface area (Å²) in [5, 5.41) is 2.54. The average molecular weight is 407 g/mol. The molecular weight excluding hydrogens is 388 g/mol. The first kappa shape index (κ1) is 18.8. The molecule has 0 spiro atoms. The zero-order valence-electron chi connectivity index (χ0n) is 13.8. The van der Waals surface area contributed by atoms with Gasteiger partial charge in [-0.05, 0) is 45.8 Å². The molecule has 0 saturated heterocycles. The van der Waals surface area contributed by atoms with E-state index < -0.39 is 5.91 Å². The van der Waals surface area contributed by atoms with Crippen molar-refractivity contribution >= 4 is 27.7 Å². The summed E-state index contributed by atoms with van der Waals surface area (Å²) in [7, 11) is 1.68. The normalized spacial score (nSPS) is 10.2. The number of carbonyl (C=O) groups excluding carboxylic acids is 2. The number of carbonyl (C=O) groups is 2. The topological polar surface area (TPSA) is 71.8 Å². The first-order valence-electron chi connectivity index (χ1n) is 7.59. The smallest absolute Gasteiger partial charge is 0.287 e. The first-order chi connectivity index (χ1) is 12.0. The van der Waals surface area contributed by atoms with Crippen LogP contribution < -0.4 is 10.1 Å². The molecule has 1 N–H and O–H groups in total. The lowest BCUT2D eigenvalue weighted by Crippen LogP contribution is -2.37. The summed E-state index contributed by atoms with van der Waals surface area (Å²) in [5.41, 5.74) is 0.961. The number of rotatable bonds is 8. The predicted octanol–water partition coefficient (Wildman–Crippen LogP) is 3.00. The maximum absolute atomic E-state index is 12.1. The summed E-state index contributed by atoms with van der Waals surface area (Å²) in [6, 6.07) is 10.6. The number of nitrogens with zero attached hydrogens (tertiary/aromatic N) is 1. The molecule has 1 aromatic carbocycles. The molecule has 132 valence electrons. The molecule has 2 amide bonds. The van der Waals surface area contributed by atoms with Crippen LogP contribution in [0.3, 0.4) is 0 Å². The lowest BCUT2D eigenvalue weighted by Gasteiger charge is -2.17. The summed E-state index contributed by atoms with van der Waals surface area (Å²) in [4.78, 5) is 25.5. The Morgan fingerprint density at radius 2 is 2.00 bits per heavy atom. The van der Waals surface area contributed by atoms with Crippen LogP contribution in [0.25, 0.3) is 0 Å². The Kier molecular flexibility index (Phi) is 6.82. The standard InChI is InChI=1S/C18H19BrN2O4/c1-3-10-24-14-6-4-13(5-7-14)12-21(2)17(22)11-20-18(23)15-8-9-16(19)25-15/h3-9H,1,10-12H2,2H3,(H,20,23). The average Bonchev–Trinajstić information content (AvgIpc) is 3.05. The molecule has 1 aromatic heterocycles. The number of amides is 2. The molecule has 2 aromatic rings. The highest BCUT2D eigenvalue weighted by molar-refractivity contribution is 9.10. The zero-order valence-corrected chi connectivity index (χ0v) is 15.4. The molecule has 25 heavy (non-hydrogen) atoms. The van der Waals surface area contributed by atoms with Gasteiger partial charge < -0.3 is 19.4 Å². The van der Waals surface area contributed by atoms with Crippen LogP contribution >= 0.6 is 15.9 Å². The van der Waals surface area contributed by atoms with Gasteiger partial charge in [0.2, 0.25) is 5.91 Å². The van der Waals surface area contributed by atoms with Crippen molar-refractivity contribution in [3.63, 3.8) is 0 Å². The van der Waals surface area contributed by atoms with E-state index in [1.165, 1.54) is 11.0 Å². The third-order valence-electron chi connectivity index (χ3n) is 3.33. The second-order valence-electron chi connectivity index (χ2n) is 5.28. The quantitative estimate of drug-likeness (QED) is 0.683. The van der Waals surface area contributed by atoms with Gasteiger partial charge in [-0.2, -0.15) is 0 Å². The fraction of sp³-hybridized carbons (Fsp3) is 0.222. The number of hydrogen-bond donors (Lipinski definition) is 1. The molecule has 6 nitrogen and oxygen atoms in total. The molecule has 0 radical (unpaired) electrons. The van der Waals surface area contributed by atoms with Crippen molar-refractivity contribution in [1.29, 1.82) is 0 Å². The van der Waals surface area contributed by atoms with E-state index in [1.807, 2.05) is 24.3 Å². The van der Waals surface area contributed by atoms with E-state index in [9.17, 15) is 9.59 Å². The molecular formula is C18H19BrN2O4. The molecule has 0 aliphatic heterocycles. The lowest BCUT2D eigenvalue weighted by molar-refractivity contribution is -0.129. The number of hydrogen-bond acceptors (Lipinski definition) is 4. The number of ether oxygens (including phenoxy) is 1. The van der Waals surface area contributed by atoms with Crippen LogP contribution in [0, 0.1) is 0 Å². The third-order valence-corrected chi connectivity index (χ3v) is 3.76. The second-order valence-corrected chi connectivity index (χ2v) is 6.06. The van der Waals surface area contributed by atoms with Crippen molar-refractivity contribution in [1.82, 2.24) is 10.2 Å². The highest BCUT2D eigenvalue weighted by Crippen LogP contribution is 2.14. The summed E-state index contributed by atoms with van der Waals surface area (Å²) in [6.45, 7) is 4.37. The lowest BCUT2D eigenvalue weighted by atomic mass is 10.2. The molecule has 0 bridgehead atoms. The van der Waals surface area contributed by atoms with Crippen molar-refractivity contribution in [3.05, 3.63) is 65.0 Å². The Labute approximate surface area is 154 Å². The maximum Gasteiger partial charge on any atom is 0.287 e. The molecule has 0 aliphatic carbocycles. The molecule has 0 fully saturated rings. The van der Waals surface area contributed by atoms with Crippen LogP contribution in [0.4, 0.5) is 0 Å². The van der Waals surface area contributed by atoms with Gasteiger partial charge in [-0.1, -0.05) is 24.8 Å². The van der Waals surface area contributed by atoms with Gasteiger partial charge in [-0.15, -0.1) is 0 Å². The second kappa shape index (κ2) is 9.08. The molecule has 7 heteroatoms. The van der Waals surface area contributed by atoms with Crippen LogP contribution in [-0.4, -0.2) is 36.9 Å². The van der Waals surface area contributed by atoms with Crippen LogP contribution in [0.2, 0.25) is 0 Å². The Morgan fingerprint density at radius 3 is 2.60 bits per heavy atom. The van der Waals surface area contributed by atoms with E-state index in [1.54, 1.807) is 19.2 Å². The minimum Gasteiger partial charge on any atom is -0.490 e. The number of benzene rings is 1. The van der Waals surface area contributed by atoms with Crippen molar-refractivity contribution < 1.29 is 18.7 Å². The van der Waals surface area contributed by atoms with E-state index in [0.717, 1.165) is 11.3 Å². The molecule has 0 saturated carbocycles. The highest BCUT2D eigenvalue weighted by Gasteiger charge is 2.14. The van der Waals surface area contributed by atoms with Gasteiger partial charge in [0.05, 0.1) is 6.54 Å². The number of nitrogens with one attached hydrogen (secondary N) is 1. The Morgan fingerprint density at radius 1 is 1.28 bits per heavy atom. The summed E-state index contributed by atoms with van der Waals surface area (Å²) >= 11 is 3.12. The molecule has 0 aliphatic rings. The molecule has 1 heterocycles. The first-order valence-corrected chi connectivity index (χ1v) is 8.39. The zero-order chi connectivity index (χ0) is 18.2. The van der Waals surface area contributed by atoms with Crippen molar-refractivity contribution in [2.24, 2.45) is 0 Å². The largest absolute Gasteiger partial charge is 0.490 e. The maximum atomic E-state index is 12.1. The number of furan rings is 1. The van der Waals surface area contributed by atoms with E-state index >= 15 is 0 Å². The van der Waals surface area contributed by atoms with Crippen molar-refractivity contribution in [3.8, 4) is 5.75 Å². The minimum atomic E-state index is -0.434. The predicted molar refractivity (Wildman–Crippen MR) is 97.3 cm³/mol. The van der Waals surface area contributed by atoms with E-state index in [2.05, 4.69) is 27.8 Å². The van der Waals surface area contributed by atoms with Gasteiger partial charge in [0.15, 0.2) is 10.4 Å². The Bertz CT molecular complexity index is 740. The molecule has 2 rings (SSSR count). The Hall–Kier alpha value is -2.54. The fourth-order valence-electron chi connectivity index (χ4n) is 2.02. The number of likely N-dealkylation sites (N-methyl/N-ethyl adjacent to an activating group) is 1. The van der Waals surface area contributed by atoms with Crippen molar-refractivity contribution in [2.45, 2.75) is 6.54 Å². The van der Waals surface area contributed by atoms with Gasteiger partial charge in [0, 0.05) is 13.6 Å². The third kappa shape index (κ3) is 5.79.